The monoisotopic (exact) mass is 470 g/mol. The van der Waals surface area contributed by atoms with Crippen LogP contribution in [0.1, 0.15) is 40.7 Å². The summed E-state index contributed by atoms with van der Waals surface area (Å²) >= 11 is 0. The second-order valence-electron chi connectivity index (χ2n) is 10.5. The van der Waals surface area contributed by atoms with Crippen molar-refractivity contribution in [2.24, 2.45) is 29.4 Å². The van der Waals surface area contributed by atoms with E-state index in [1.807, 2.05) is 6.07 Å². The molecule has 2 fully saturated rings. The lowest BCUT2D eigenvalue weighted by Crippen LogP contribution is -2.71. The van der Waals surface area contributed by atoms with Gasteiger partial charge in [0, 0.05) is 17.5 Å². The molecular formula is C25H30N2O7. The molecule has 0 bridgehead atoms. The Morgan fingerprint density at radius 1 is 1.21 bits per heavy atom. The Morgan fingerprint density at radius 3 is 2.47 bits per heavy atom. The third-order valence-corrected chi connectivity index (χ3v) is 8.28. The first-order chi connectivity index (χ1) is 16.0. The van der Waals surface area contributed by atoms with Gasteiger partial charge in [0.2, 0.25) is 5.91 Å². The van der Waals surface area contributed by atoms with Crippen molar-refractivity contribution in [3.63, 3.8) is 0 Å². The van der Waals surface area contributed by atoms with Gasteiger partial charge in [-0.05, 0) is 75.2 Å². The van der Waals surface area contributed by atoms with E-state index in [4.69, 9.17) is 5.73 Å². The maximum absolute atomic E-state index is 13.6. The predicted molar refractivity (Wildman–Crippen MR) is 120 cm³/mol. The largest absolute Gasteiger partial charge is 0.508 e. The zero-order valence-electron chi connectivity index (χ0n) is 19.2. The minimum absolute atomic E-state index is 0.0944. The average molecular weight is 471 g/mol. The van der Waals surface area contributed by atoms with E-state index >= 15 is 0 Å². The third kappa shape index (κ3) is 3.07. The number of aliphatic hydroxyl groups is 3. The number of rotatable bonds is 4. The molecule has 0 radical (unpaired) electrons. The van der Waals surface area contributed by atoms with Gasteiger partial charge in [0.05, 0.1) is 11.7 Å². The molecular weight excluding hydrogens is 440 g/mol. The van der Waals surface area contributed by atoms with E-state index in [0.717, 1.165) is 30.4 Å². The number of amides is 1. The lowest BCUT2D eigenvalue weighted by molar-refractivity contribution is -0.178. The van der Waals surface area contributed by atoms with E-state index < -0.39 is 58.7 Å². The van der Waals surface area contributed by atoms with Crippen molar-refractivity contribution in [3.05, 3.63) is 40.2 Å². The summed E-state index contributed by atoms with van der Waals surface area (Å²) in [6.45, 7) is 0. The second kappa shape index (κ2) is 7.63. The molecule has 1 aromatic rings. The van der Waals surface area contributed by atoms with Crippen LogP contribution in [0.2, 0.25) is 0 Å². The summed E-state index contributed by atoms with van der Waals surface area (Å²) in [6.07, 6.45) is 2.07. The highest BCUT2D eigenvalue weighted by Crippen LogP contribution is 2.53. The molecule has 0 saturated heterocycles. The molecule has 5 rings (SSSR count). The van der Waals surface area contributed by atoms with Gasteiger partial charge in [-0.2, -0.15) is 0 Å². The van der Waals surface area contributed by atoms with Crippen molar-refractivity contribution in [2.75, 3.05) is 14.1 Å². The maximum atomic E-state index is 13.6. The van der Waals surface area contributed by atoms with Crippen molar-refractivity contribution < 1.29 is 34.8 Å². The number of nitrogens with zero attached hydrogens (tertiary/aromatic N) is 1. The molecule has 0 spiro atoms. The van der Waals surface area contributed by atoms with E-state index in [0.29, 0.717) is 12.3 Å². The zero-order chi connectivity index (χ0) is 24.7. The first-order valence-corrected chi connectivity index (χ1v) is 11.7. The van der Waals surface area contributed by atoms with Crippen LogP contribution in [0.5, 0.6) is 5.75 Å². The lowest BCUT2D eigenvalue weighted by Gasteiger charge is -2.53. The van der Waals surface area contributed by atoms with Crippen LogP contribution < -0.4 is 5.73 Å². The SMILES string of the molecule is CN(C)[C@@H]1C(O)C(C(N)=O)C(=O)[C@@]2(O)C(O)=C3C(=O)c4c(O)ccc(CC5CC5)c4C[C@H]3C[C@@H]12. The number of nitrogens with two attached hydrogens (primary N) is 1. The average Bonchev–Trinajstić information content (AvgIpc) is 3.56. The Hall–Kier alpha value is -2.75. The minimum Gasteiger partial charge on any atom is -0.508 e. The fraction of sp³-hybridized carbons (Fsp3) is 0.560. The van der Waals surface area contributed by atoms with Gasteiger partial charge in [0.1, 0.15) is 17.4 Å². The number of phenols is 1. The number of Topliss-reactive ketones (excluding diaryl/α,β-unsaturated/α-hetero) is 2. The van der Waals surface area contributed by atoms with Gasteiger partial charge >= 0.3 is 0 Å². The molecule has 0 heterocycles. The van der Waals surface area contributed by atoms with Crippen molar-refractivity contribution >= 4 is 17.5 Å². The van der Waals surface area contributed by atoms with Crippen molar-refractivity contribution in [2.45, 2.75) is 49.9 Å². The van der Waals surface area contributed by atoms with Gasteiger partial charge in [-0.25, -0.2) is 0 Å². The number of aliphatic hydroxyl groups excluding tert-OH is 2. The number of hydrogen-bond acceptors (Lipinski definition) is 8. The van der Waals surface area contributed by atoms with Gasteiger partial charge in [0.25, 0.3) is 0 Å². The number of fused-ring (bicyclic) bond motifs is 3. The molecule has 4 aliphatic rings. The van der Waals surface area contributed by atoms with Crippen molar-refractivity contribution in [3.8, 4) is 5.75 Å². The van der Waals surface area contributed by atoms with E-state index in [9.17, 15) is 34.8 Å². The number of likely N-dealkylation sites (N-methyl/N-ethyl adjacent to an activating group) is 1. The van der Waals surface area contributed by atoms with Gasteiger partial charge < -0.3 is 31.1 Å². The minimum atomic E-state index is -2.55. The van der Waals surface area contributed by atoms with Crippen LogP contribution in [0.4, 0.5) is 0 Å². The van der Waals surface area contributed by atoms with Crippen LogP contribution in [-0.4, -0.2) is 74.6 Å². The summed E-state index contributed by atoms with van der Waals surface area (Å²) < 4.78 is 0. The summed E-state index contributed by atoms with van der Waals surface area (Å²) in [4.78, 5) is 40.6. The topological polar surface area (TPSA) is 161 Å². The highest BCUT2D eigenvalue weighted by Gasteiger charge is 2.66. The highest BCUT2D eigenvalue weighted by atomic mass is 16.3. The van der Waals surface area contributed by atoms with Crippen LogP contribution in [0, 0.1) is 23.7 Å². The molecule has 1 amide bonds. The first kappa shape index (κ1) is 23.0. The summed E-state index contributed by atoms with van der Waals surface area (Å²) in [5, 5.41) is 44.3. The number of primary amides is 1. The van der Waals surface area contributed by atoms with Gasteiger partial charge in [-0.1, -0.05) is 6.07 Å². The number of carbonyl (C=O) groups excluding carboxylic acids is 3. The molecule has 0 aromatic heterocycles. The number of benzene rings is 1. The molecule has 9 heteroatoms. The molecule has 1 aromatic carbocycles. The Bertz CT molecular complexity index is 1140. The summed E-state index contributed by atoms with van der Waals surface area (Å²) in [6, 6.07) is 2.44. The van der Waals surface area contributed by atoms with Crippen LogP contribution >= 0.6 is 0 Å². The van der Waals surface area contributed by atoms with Crippen LogP contribution in [0.15, 0.2) is 23.5 Å². The molecule has 4 aliphatic carbocycles. The van der Waals surface area contributed by atoms with Crippen LogP contribution in [0.25, 0.3) is 0 Å². The molecule has 182 valence electrons. The van der Waals surface area contributed by atoms with Gasteiger partial charge in [-0.15, -0.1) is 0 Å². The number of hydrogen-bond donors (Lipinski definition) is 5. The molecule has 2 saturated carbocycles. The number of ketones is 2. The number of carbonyl (C=O) groups is 3. The Kier molecular flexibility index (Phi) is 5.16. The fourth-order valence-corrected chi connectivity index (χ4v) is 6.49. The lowest BCUT2D eigenvalue weighted by atomic mass is 9.56. The van der Waals surface area contributed by atoms with Gasteiger partial charge in [-0.3, -0.25) is 14.4 Å². The fourth-order valence-electron chi connectivity index (χ4n) is 6.49. The molecule has 34 heavy (non-hydrogen) atoms. The van der Waals surface area contributed by atoms with Gasteiger partial charge in [0.15, 0.2) is 17.2 Å². The van der Waals surface area contributed by atoms with Crippen molar-refractivity contribution in [1.82, 2.24) is 4.90 Å². The quantitative estimate of drug-likeness (QED) is 0.391. The molecule has 6 N–H and O–H groups in total. The maximum Gasteiger partial charge on any atom is 0.230 e. The number of phenolic OH excluding ortho intramolecular Hbond substituents is 1. The smallest absolute Gasteiger partial charge is 0.230 e. The Morgan fingerprint density at radius 2 is 1.88 bits per heavy atom. The summed E-state index contributed by atoms with van der Waals surface area (Å²) in [7, 11) is 3.29. The molecule has 2 unspecified atom stereocenters. The molecule has 9 nitrogen and oxygen atoms in total. The molecule has 6 atom stereocenters. The predicted octanol–water partition coefficient (Wildman–Crippen LogP) is 0.238. The Labute approximate surface area is 196 Å². The zero-order valence-corrected chi connectivity index (χ0v) is 19.2. The highest BCUT2D eigenvalue weighted by molar-refractivity contribution is 6.15. The standard InChI is InChI=1S/C25H30N2O7/c1-27(2)19-14-9-12-8-13-11(7-10-3-4-10)5-6-15(28)17(13)20(29)16(12)22(31)25(14,34)23(32)18(21(19)30)24(26)33/h5-6,10,12,14,18-19,21,28,30-31,34H,3-4,7-9H2,1-2H3,(H2,26,33)/t12-,14-,18?,19-,21?,25-/m0/s1. The molecule has 0 aliphatic heterocycles. The van der Waals surface area contributed by atoms with Crippen LogP contribution in [0.3, 0.4) is 0 Å². The van der Waals surface area contributed by atoms with E-state index in [-0.39, 0.29) is 23.3 Å². The van der Waals surface area contributed by atoms with Crippen molar-refractivity contribution in [1.29, 1.82) is 0 Å². The van der Waals surface area contributed by atoms with Crippen LogP contribution in [-0.2, 0) is 22.4 Å². The second-order valence-corrected chi connectivity index (χ2v) is 10.5. The number of allylic oxidation sites excluding steroid dienone is 1. The summed E-state index contributed by atoms with van der Waals surface area (Å²) in [5.41, 5.74) is 4.55. The van der Waals surface area contributed by atoms with E-state index in [1.165, 1.54) is 6.07 Å². The normalized spacial score (nSPS) is 35.1. The first-order valence-electron chi connectivity index (χ1n) is 11.7. The van der Waals surface area contributed by atoms with E-state index in [2.05, 4.69) is 0 Å². The summed E-state index contributed by atoms with van der Waals surface area (Å²) in [5.74, 6) is -6.52. The number of aromatic hydroxyl groups is 1. The van der Waals surface area contributed by atoms with E-state index in [1.54, 1.807) is 19.0 Å². The third-order valence-electron chi connectivity index (χ3n) is 8.28. The Balaban J connectivity index is 1.67.